The molecule has 0 amide bonds. The van der Waals surface area contributed by atoms with E-state index in [1.807, 2.05) is 6.07 Å². The number of hydrogen-bond donors (Lipinski definition) is 1. The van der Waals surface area contributed by atoms with Crippen LogP contribution in [0.15, 0.2) is 36.4 Å². The third-order valence-corrected chi connectivity index (χ3v) is 3.14. The molecule has 0 aliphatic heterocycles. The van der Waals surface area contributed by atoms with E-state index in [9.17, 15) is 8.78 Å². The Hall–Kier alpha value is -1.65. The zero-order valence-corrected chi connectivity index (χ0v) is 11.5. The molecule has 0 aliphatic carbocycles. The molecule has 2 rings (SSSR count). The van der Waals surface area contributed by atoms with Gasteiger partial charge in [-0.15, -0.1) is 0 Å². The quantitative estimate of drug-likeness (QED) is 0.913. The van der Waals surface area contributed by atoms with Crippen molar-refractivity contribution in [3.8, 4) is 5.75 Å². The Morgan fingerprint density at radius 3 is 2.65 bits per heavy atom. The Bertz CT molecular complexity index is 604. The molecule has 106 valence electrons. The summed E-state index contributed by atoms with van der Waals surface area (Å²) in [5.74, 6) is -1.37. The fourth-order valence-corrected chi connectivity index (χ4v) is 2.06. The number of benzene rings is 2. The summed E-state index contributed by atoms with van der Waals surface area (Å²) in [6.45, 7) is 0.449. The molecule has 0 spiro atoms. The molecule has 0 atom stereocenters. The highest BCUT2D eigenvalue weighted by Crippen LogP contribution is 2.27. The van der Waals surface area contributed by atoms with Crippen molar-refractivity contribution in [2.24, 2.45) is 5.73 Å². The average Bonchev–Trinajstić information content (AvgIpc) is 2.42. The predicted octanol–water partition coefficient (Wildman–Crippen LogP) is 3.70. The lowest BCUT2D eigenvalue weighted by molar-refractivity contribution is 0.297. The number of rotatable bonds is 5. The van der Waals surface area contributed by atoms with Gasteiger partial charge in [-0.1, -0.05) is 29.8 Å². The van der Waals surface area contributed by atoms with E-state index in [2.05, 4.69) is 0 Å². The number of nitrogens with two attached hydrogens (primary N) is 1. The Morgan fingerprint density at radius 1 is 1.15 bits per heavy atom. The molecule has 0 saturated heterocycles. The van der Waals surface area contributed by atoms with Crippen LogP contribution in [0.4, 0.5) is 8.78 Å². The summed E-state index contributed by atoms with van der Waals surface area (Å²) in [7, 11) is 0. The monoisotopic (exact) mass is 297 g/mol. The van der Waals surface area contributed by atoms with E-state index in [1.54, 1.807) is 12.1 Å². The molecule has 0 aromatic heterocycles. The molecule has 0 bridgehead atoms. The molecule has 0 fully saturated rings. The second kappa shape index (κ2) is 6.68. The van der Waals surface area contributed by atoms with Crippen LogP contribution >= 0.6 is 11.6 Å². The van der Waals surface area contributed by atoms with Crippen molar-refractivity contribution in [2.75, 3.05) is 6.54 Å². The van der Waals surface area contributed by atoms with Gasteiger partial charge < -0.3 is 10.5 Å². The van der Waals surface area contributed by atoms with Crippen LogP contribution in [-0.4, -0.2) is 6.54 Å². The first-order valence-electron chi connectivity index (χ1n) is 6.16. The van der Waals surface area contributed by atoms with Gasteiger partial charge in [0.25, 0.3) is 0 Å². The molecular weight excluding hydrogens is 284 g/mol. The van der Waals surface area contributed by atoms with E-state index in [1.165, 1.54) is 12.1 Å². The summed E-state index contributed by atoms with van der Waals surface area (Å²) in [4.78, 5) is 0. The van der Waals surface area contributed by atoms with Crippen LogP contribution in [0.5, 0.6) is 5.75 Å². The second-order valence-electron chi connectivity index (χ2n) is 4.31. The highest BCUT2D eigenvalue weighted by atomic mass is 35.5. The van der Waals surface area contributed by atoms with E-state index in [0.717, 1.165) is 18.1 Å². The SMILES string of the molecule is NCCc1ccc(OCc2cccc(F)c2F)c(Cl)c1. The summed E-state index contributed by atoms with van der Waals surface area (Å²) in [6, 6.07) is 9.26. The third kappa shape index (κ3) is 3.46. The minimum Gasteiger partial charge on any atom is -0.487 e. The lowest BCUT2D eigenvalue weighted by Gasteiger charge is -2.10. The zero-order chi connectivity index (χ0) is 14.5. The topological polar surface area (TPSA) is 35.2 Å². The summed E-state index contributed by atoms with van der Waals surface area (Å²) < 4.78 is 31.9. The lowest BCUT2D eigenvalue weighted by Crippen LogP contribution is -2.03. The van der Waals surface area contributed by atoms with Crippen LogP contribution in [0.3, 0.4) is 0 Å². The van der Waals surface area contributed by atoms with Gasteiger partial charge in [0, 0.05) is 5.56 Å². The molecule has 0 saturated carbocycles. The normalized spacial score (nSPS) is 10.6. The van der Waals surface area contributed by atoms with Crippen LogP contribution < -0.4 is 10.5 Å². The molecule has 0 aliphatic rings. The van der Waals surface area contributed by atoms with Crippen LogP contribution in [0.1, 0.15) is 11.1 Å². The maximum absolute atomic E-state index is 13.5. The molecule has 2 aromatic rings. The molecule has 2 aromatic carbocycles. The third-order valence-electron chi connectivity index (χ3n) is 2.84. The molecule has 2 N–H and O–H groups in total. The molecule has 5 heteroatoms. The van der Waals surface area contributed by atoms with Crippen molar-refractivity contribution in [3.63, 3.8) is 0 Å². The van der Waals surface area contributed by atoms with Crippen LogP contribution in [0.2, 0.25) is 5.02 Å². The number of hydrogen-bond acceptors (Lipinski definition) is 2. The Labute approximate surface area is 121 Å². The zero-order valence-electron chi connectivity index (χ0n) is 10.7. The summed E-state index contributed by atoms with van der Waals surface area (Å²) in [6.07, 6.45) is 0.721. The maximum atomic E-state index is 13.5. The minimum absolute atomic E-state index is 0.0838. The van der Waals surface area contributed by atoms with Gasteiger partial charge in [-0.2, -0.15) is 0 Å². The highest BCUT2D eigenvalue weighted by molar-refractivity contribution is 6.32. The van der Waals surface area contributed by atoms with Crippen LogP contribution in [0, 0.1) is 11.6 Å². The van der Waals surface area contributed by atoms with Gasteiger partial charge in [-0.3, -0.25) is 0 Å². The smallest absolute Gasteiger partial charge is 0.165 e. The number of ether oxygens (including phenoxy) is 1. The molecular formula is C15H14ClF2NO. The van der Waals surface area contributed by atoms with Gasteiger partial charge in [0.2, 0.25) is 0 Å². The van der Waals surface area contributed by atoms with Crippen molar-refractivity contribution in [1.82, 2.24) is 0 Å². The van der Waals surface area contributed by atoms with Crippen LogP contribution in [-0.2, 0) is 13.0 Å². The van der Waals surface area contributed by atoms with E-state index in [0.29, 0.717) is 17.3 Å². The fraction of sp³-hybridized carbons (Fsp3) is 0.200. The summed E-state index contributed by atoms with van der Waals surface area (Å²) >= 11 is 6.07. The van der Waals surface area contributed by atoms with Crippen molar-refractivity contribution in [3.05, 3.63) is 64.2 Å². The molecule has 0 radical (unpaired) electrons. The molecule has 0 heterocycles. The van der Waals surface area contributed by atoms with Crippen molar-refractivity contribution in [1.29, 1.82) is 0 Å². The minimum atomic E-state index is -0.900. The Morgan fingerprint density at radius 2 is 1.95 bits per heavy atom. The van der Waals surface area contributed by atoms with E-state index < -0.39 is 11.6 Å². The van der Waals surface area contributed by atoms with Crippen molar-refractivity contribution in [2.45, 2.75) is 13.0 Å². The van der Waals surface area contributed by atoms with Gasteiger partial charge in [0.05, 0.1) is 5.02 Å². The van der Waals surface area contributed by atoms with E-state index in [-0.39, 0.29) is 12.2 Å². The first-order valence-corrected chi connectivity index (χ1v) is 6.54. The number of halogens is 3. The maximum Gasteiger partial charge on any atom is 0.165 e. The Kier molecular flexibility index (Phi) is 4.93. The van der Waals surface area contributed by atoms with Crippen molar-refractivity contribution < 1.29 is 13.5 Å². The lowest BCUT2D eigenvalue weighted by atomic mass is 10.1. The highest BCUT2D eigenvalue weighted by Gasteiger charge is 2.09. The summed E-state index contributed by atoms with van der Waals surface area (Å²) in [5.41, 5.74) is 6.61. The average molecular weight is 298 g/mol. The second-order valence-corrected chi connectivity index (χ2v) is 4.71. The predicted molar refractivity (Wildman–Crippen MR) is 74.9 cm³/mol. The molecule has 2 nitrogen and oxygen atoms in total. The first kappa shape index (κ1) is 14.8. The molecule has 0 unspecified atom stereocenters. The molecule has 20 heavy (non-hydrogen) atoms. The van der Waals surface area contributed by atoms with Gasteiger partial charge in [0.1, 0.15) is 12.4 Å². The summed E-state index contributed by atoms with van der Waals surface area (Å²) in [5, 5.41) is 0.424. The van der Waals surface area contributed by atoms with Gasteiger partial charge in [-0.25, -0.2) is 8.78 Å². The first-order chi connectivity index (χ1) is 9.61. The van der Waals surface area contributed by atoms with Gasteiger partial charge >= 0.3 is 0 Å². The Balaban J connectivity index is 2.09. The standard InChI is InChI=1S/C15H14ClF2NO/c16-12-8-10(6-7-19)4-5-14(12)20-9-11-2-1-3-13(17)15(11)18/h1-5,8H,6-7,9,19H2. The van der Waals surface area contributed by atoms with E-state index >= 15 is 0 Å². The van der Waals surface area contributed by atoms with Gasteiger partial charge in [0.15, 0.2) is 11.6 Å². The largest absolute Gasteiger partial charge is 0.487 e. The fourth-order valence-electron chi connectivity index (χ4n) is 1.80. The van der Waals surface area contributed by atoms with E-state index in [4.69, 9.17) is 22.1 Å². The van der Waals surface area contributed by atoms with Crippen LogP contribution in [0.25, 0.3) is 0 Å². The van der Waals surface area contributed by atoms with Crippen molar-refractivity contribution >= 4 is 11.6 Å². The van der Waals surface area contributed by atoms with Gasteiger partial charge in [-0.05, 0) is 36.7 Å².